The molecule has 0 atom stereocenters. The summed E-state index contributed by atoms with van der Waals surface area (Å²) in [5, 5.41) is 12.0. The second-order valence-corrected chi connectivity index (χ2v) is 3.58. The molecule has 0 heterocycles. The van der Waals surface area contributed by atoms with E-state index >= 15 is 0 Å². The molecule has 0 spiro atoms. The normalized spacial score (nSPS) is 10.2. The highest BCUT2D eigenvalue weighted by atomic mass is 16.5. The maximum absolute atomic E-state index is 11.2. The molecule has 4 N–H and O–H groups in total. The van der Waals surface area contributed by atoms with Crippen LogP contribution in [-0.4, -0.2) is 37.7 Å². The summed E-state index contributed by atoms with van der Waals surface area (Å²) in [6, 6.07) is 6.55. The smallest absolute Gasteiger partial charge is 0.260 e. The number of phenols is 1. The fraction of sp³-hybridized carbons (Fsp3) is 0.417. The third-order valence-corrected chi connectivity index (χ3v) is 2.08. The quantitative estimate of drug-likeness (QED) is 0.224. The zero-order chi connectivity index (χ0) is 13.9. The molecule has 1 rings (SSSR count). The molecular formula is C12H19N3O4. The molecular weight excluding hydrogens is 250 g/mol. The Morgan fingerprint density at radius 2 is 1.95 bits per heavy atom. The molecule has 0 saturated carbocycles. The van der Waals surface area contributed by atoms with Gasteiger partial charge in [-0.15, -0.1) is 0 Å². The van der Waals surface area contributed by atoms with Crippen molar-refractivity contribution in [2.24, 2.45) is 0 Å². The standard InChI is InChI=1S/C12H19N3O4/c1-2-18-9-14-15-12(17)7-19-8-13-10-3-5-11(16)6-4-10/h3-6,13-14,16H,2,7-9H2,1H3,(H,15,17). The Labute approximate surface area is 111 Å². The average molecular weight is 269 g/mol. The van der Waals surface area contributed by atoms with Crippen molar-refractivity contribution in [3.8, 4) is 5.75 Å². The average Bonchev–Trinajstić information content (AvgIpc) is 2.42. The minimum atomic E-state index is -0.285. The van der Waals surface area contributed by atoms with Crippen LogP contribution in [0.25, 0.3) is 0 Å². The van der Waals surface area contributed by atoms with E-state index in [1.807, 2.05) is 6.92 Å². The second kappa shape index (κ2) is 9.15. The fourth-order valence-electron chi connectivity index (χ4n) is 1.18. The van der Waals surface area contributed by atoms with Gasteiger partial charge in [-0.1, -0.05) is 0 Å². The lowest BCUT2D eigenvalue weighted by atomic mass is 10.3. The molecule has 0 radical (unpaired) electrons. The number of amides is 1. The van der Waals surface area contributed by atoms with Gasteiger partial charge in [-0.25, -0.2) is 5.43 Å². The van der Waals surface area contributed by atoms with E-state index in [-0.39, 0.29) is 31.7 Å². The summed E-state index contributed by atoms with van der Waals surface area (Å²) in [7, 11) is 0. The first kappa shape index (κ1) is 15.2. The van der Waals surface area contributed by atoms with E-state index < -0.39 is 0 Å². The van der Waals surface area contributed by atoms with Crippen LogP contribution in [0, 0.1) is 0 Å². The van der Waals surface area contributed by atoms with Crippen LogP contribution in [0.5, 0.6) is 5.75 Å². The van der Waals surface area contributed by atoms with Crippen LogP contribution in [0.3, 0.4) is 0 Å². The molecule has 0 fully saturated rings. The highest BCUT2D eigenvalue weighted by Gasteiger charge is 1.99. The Balaban J connectivity index is 2.03. The molecule has 7 nitrogen and oxygen atoms in total. The van der Waals surface area contributed by atoms with Gasteiger partial charge in [0.15, 0.2) is 0 Å². The largest absolute Gasteiger partial charge is 0.508 e. The van der Waals surface area contributed by atoms with E-state index in [1.54, 1.807) is 24.3 Å². The molecule has 0 saturated heterocycles. The molecule has 0 aromatic heterocycles. The molecule has 7 heteroatoms. The number of nitrogens with one attached hydrogen (secondary N) is 3. The minimum absolute atomic E-state index is 0.0653. The Morgan fingerprint density at radius 1 is 1.21 bits per heavy atom. The first-order valence-corrected chi connectivity index (χ1v) is 5.92. The monoisotopic (exact) mass is 269 g/mol. The molecule has 0 aliphatic rings. The Kier molecular flexibility index (Phi) is 7.33. The van der Waals surface area contributed by atoms with E-state index in [4.69, 9.17) is 14.6 Å². The second-order valence-electron chi connectivity index (χ2n) is 3.58. The van der Waals surface area contributed by atoms with Gasteiger partial charge in [-0.05, 0) is 31.2 Å². The number of hydrogen-bond donors (Lipinski definition) is 4. The summed E-state index contributed by atoms with van der Waals surface area (Å²) in [6.07, 6.45) is 0. The van der Waals surface area contributed by atoms with Crippen molar-refractivity contribution in [1.82, 2.24) is 10.9 Å². The lowest BCUT2D eigenvalue weighted by molar-refractivity contribution is -0.127. The molecule has 1 aromatic rings. The van der Waals surface area contributed by atoms with E-state index in [2.05, 4.69) is 16.2 Å². The number of carbonyl (C=O) groups excluding carboxylic acids is 1. The number of aromatic hydroxyl groups is 1. The van der Waals surface area contributed by atoms with Crippen LogP contribution in [-0.2, 0) is 14.3 Å². The van der Waals surface area contributed by atoms with Crippen LogP contribution in [0.1, 0.15) is 6.92 Å². The molecule has 0 aliphatic carbocycles. The van der Waals surface area contributed by atoms with Crippen molar-refractivity contribution >= 4 is 11.6 Å². The van der Waals surface area contributed by atoms with Crippen LogP contribution >= 0.6 is 0 Å². The summed E-state index contributed by atoms with van der Waals surface area (Å²) in [6.45, 7) is 2.83. The number of carbonyl (C=O) groups is 1. The van der Waals surface area contributed by atoms with Gasteiger partial charge in [0.1, 0.15) is 25.8 Å². The first-order chi connectivity index (χ1) is 9.22. The predicted molar refractivity (Wildman–Crippen MR) is 70.3 cm³/mol. The topological polar surface area (TPSA) is 91.9 Å². The van der Waals surface area contributed by atoms with Crippen molar-refractivity contribution in [1.29, 1.82) is 0 Å². The van der Waals surface area contributed by atoms with E-state index in [0.717, 1.165) is 5.69 Å². The lowest BCUT2D eigenvalue weighted by Crippen LogP contribution is -2.41. The zero-order valence-corrected chi connectivity index (χ0v) is 10.8. The minimum Gasteiger partial charge on any atom is -0.508 e. The summed E-state index contributed by atoms with van der Waals surface area (Å²) in [5.74, 6) is -0.0848. The maximum atomic E-state index is 11.2. The van der Waals surface area contributed by atoms with Crippen molar-refractivity contribution in [2.45, 2.75) is 6.92 Å². The molecule has 1 amide bonds. The highest BCUT2D eigenvalue weighted by molar-refractivity contribution is 5.76. The number of anilines is 1. The zero-order valence-electron chi connectivity index (χ0n) is 10.8. The molecule has 1 aromatic carbocycles. The molecule has 106 valence electrons. The van der Waals surface area contributed by atoms with Crippen molar-refractivity contribution in [3.63, 3.8) is 0 Å². The van der Waals surface area contributed by atoms with Gasteiger partial charge in [0, 0.05) is 12.3 Å². The Hall–Kier alpha value is -1.83. The van der Waals surface area contributed by atoms with E-state index in [1.165, 1.54) is 0 Å². The van der Waals surface area contributed by atoms with Crippen molar-refractivity contribution in [2.75, 3.05) is 32.0 Å². The van der Waals surface area contributed by atoms with Gasteiger partial charge in [-0.3, -0.25) is 10.2 Å². The highest BCUT2D eigenvalue weighted by Crippen LogP contribution is 2.13. The Morgan fingerprint density at radius 3 is 2.63 bits per heavy atom. The van der Waals surface area contributed by atoms with Crippen molar-refractivity contribution < 1.29 is 19.4 Å². The van der Waals surface area contributed by atoms with Gasteiger partial charge >= 0.3 is 0 Å². The summed E-state index contributed by atoms with van der Waals surface area (Å²) < 4.78 is 10.1. The SMILES string of the molecule is CCOCNNC(=O)COCNc1ccc(O)cc1. The number of rotatable bonds is 9. The van der Waals surface area contributed by atoms with Crippen LogP contribution in [0.4, 0.5) is 5.69 Å². The lowest BCUT2D eigenvalue weighted by Gasteiger charge is -2.09. The summed E-state index contributed by atoms with van der Waals surface area (Å²) >= 11 is 0. The Bertz CT molecular complexity index is 370. The van der Waals surface area contributed by atoms with Gasteiger partial charge in [0.05, 0.1) is 0 Å². The van der Waals surface area contributed by atoms with E-state index in [9.17, 15) is 4.79 Å². The van der Waals surface area contributed by atoms with Gasteiger partial charge in [-0.2, -0.15) is 0 Å². The molecule has 0 unspecified atom stereocenters. The number of benzene rings is 1. The summed E-state index contributed by atoms with van der Waals surface area (Å²) in [5.41, 5.74) is 5.82. The number of hydrazine groups is 1. The van der Waals surface area contributed by atoms with Crippen LogP contribution < -0.4 is 16.2 Å². The van der Waals surface area contributed by atoms with Gasteiger partial charge < -0.3 is 19.9 Å². The molecule has 19 heavy (non-hydrogen) atoms. The number of phenolic OH excluding ortho intramolecular Hbond substituents is 1. The maximum Gasteiger partial charge on any atom is 0.260 e. The first-order valence-electron chi connectivity index (χ1n) is 5.92. The van der Waals surface area contributed by atoms with Crippen LogP contribution in [0.2, 0.25) is 0 Å². The third-order valence-electron chi connectivity index (χ3n) is 2.08. The number of hydrogen-bond acceptors (Lipinski definition) is 6. The van der Waals surface area contributed by atoms with E-state index in [0.29, 0.717) is 6.61 Å². The van der Waals surface area contributed by atoms with Gasteiger partial charge in [0.2, 0.25) is 0 Å². The summed E-state index contributed by atoms with van der Waals surface area (Å²) in [4.78, 5) is 11.2. The molecule has 0 bridgehead atoms. The number of ether oxygens (including phenoxy) is 2. The van der Waals surface area contributed by atoms with Gasteiger partial charge in [0.25, 0.3) is 5.91 Å². The third kappa shape index (κ3) is 7.24. The van der Waals surface area contributed by atoms with Crippen LogP contribution in [0.15, 0.2) is 24.3 Å². The fourth-order valence-corrected chi connectivity index (χ4v) is 1.18. The predicted octanol–water partition coefficient (Wildman–Crippen LogP) is 0.393. The van der Waals surface area contributed by atoms with Crippen molar-refractivity contribution in [3.05, 3.63) is 24.3 Å². The molecule has 0 aliphatic heterocycles.